The SMILES string of the molecule is CCCN1C(=O)C(C)(C)c2ccc(C(=O)Nc3ccccc3)cc21. The van der Waals surface area contributed by atoms with Gasteiger partial charge >= 0.3 is 0 Å². The summed E-state index contributed by atoms with van der Waals surface area (Å²) in [6.07, 6.45) is 0.877. The van der Waals surface area contributed by atoms with Crippen LogP contribution < -0.4 is 10.2 Å². The Morgan fingerprint density at radius 1 is 1.12 bits per heavy atom. The average molecular weight is 322 g/mol. The fraction of sp³-hybridized carbons (Fsp3) is 0.300. The summed E-state index contributed by atoms with van der Waals surface area (Å²) in [6.45, 7) is 6.59. The predicted octanol–water partition coefficient (Wildman–Crippen LogP) is 3.97. The average Bonchev–Trinajstić information content (AvgIpc) is 2.77. The highest BCUT2D eigenvalue weighted by Crippen LogP contribution is 2.42. The normalized spacial score (nSPS) is 15.3. The zero-order chi connectivity index (χ0) is 17.3. The van der Waals surface area contributed by atoms with Crippen LogP contribution in [0.5, 0.6) is 0 Å². The third-order valence-electron chi connectivity index (χ3n) is 4.48. The van der Waals surface area contributed by atoms with Crippen molar-refractivity contribution >= 4 is 23.2 Å². The molecule has 1 aliphatic heterocycles. The van der Waals surface area contributed by atoms with Gasteiger partial charge in [-0.05, 0) is 50.1 Å². The molecule has 124 valence electrons. The summed E-state index contributed by atoms with van der Waals surface area (Å²) in [5, 5.41) is 2.89. The van der Waals surface area contributed by atoms with Crippen molar-refractivity contribution in [3.63, 3.8) is 0 Å². The van der Waals surface area contributed by atoms with E-state index >= 15 is 0 Å². The van der Waals surface area contributed by atoms with Crippen LogP contribution in [0.1, 0.15) is 43.1 Å². The molecule has 1 aliphatic rings. The van der Waals surface area contributed by atoms with Crippen LogP contribution in [0.4, 0.5) is 11.4 Å². The molecule has 3 rings (SSSR count). The maximum absolute atomic E-state index is 12.7. The largest absolute Gasteiger partial charge is 0.322 e. The predicted molar refractivity (Wildman–Crippen MR) is 96.5 cm³/mol. The van der Waals surface area contributed by atoms with Gasteiger partial charge in [0.25, 0.3) is 5.91 Å². The first-order valence-corrected chi connectivity index (χ1v) is 8.28. The molecule has 0 bridgehead atoms. The summed E-state index contributed by atoms with van der Waals surface area (Å²) in [6, 6.07) is 14.9. The summed E-state index contributed by atoms with van der Waals surface area (Å²) in [7, 11) is 0. The molecular formula is C20H22N2O2. The second-order valence-electron chi connectivity index (χ2n) is 6.63. The molecule has 0 spiro atoms. The topological polar surface area (TPSA) is 49.4 Å². The van der Waals surface area contributed by atoms with E-state index in [1.807, 2.05) is 63.2 Å². The first kappa shape index (κ1) is 16.2. The van der Waals surface area contributed by atoms with E-state index in [0.29, 0.717) is 12.1 Å². The van der Waals surface area contributed by atoms with Gasteiger partial charge in [0.05, 0.1) is 5.41 Å². The Morgan fingerprint density at radius 3 is 2.50 bits per heavy atom. The van der Waals surface area contributed by atoms with E-state index < -0.39 is 5.41 Å². The fourth-order valence-corrected chi connectivity index (χ4v) is 3.16. The second kappa shape index (κ2) is 6.11. The van der Waals surface area contributed by atoms with Crippen molar-refractivity contribution in [3.8, 4) is 0 Å². The van der Waals surface area contributed by atoms with Crippen LogP contribution in [0.2, 0.25) is 0 Å². The van der Waals surface area contributed by atoms with Crippen LogP contribution in [0.25, 0.3) is 0 Å². The smallest absolute Gasteiger partial charge is 0.255 e. The molecule has 0 saturated heterocycles. The first-order valence-electron chi connectivity index (χ1n) is 8.28. The zero-order valence-electron chi connectivity index (χ0n) is 14.3. The standard InChI is InChI=1S/C20H22N2O2/c1-4-12-22-17-13-14(10-11-16(17)20(2,3)19(22)24)18(23)21-15-8-6-5-7-9-15/h5-11,13H,4,12H2,1-3H3,(H,21,23). The molecule has 0 radical (unpaired) electrons. The van der Waals surface area contributed by atoms with Crippen molar-refractivity contribution in [1.29, 1.82) is 0 Å². The van der Waals surface area contributed by atoms with Gasteiger partial charge in [0.15, 0.2) is 0 Å². The molecular weight excluding hydrogens is 300 g/mol. The number of fused-ring (bicyclic) bond motifs is 1. The van der Waals surface area contributed by atoms with Crippen LogP contribution in [0.15, 0.2) is 48.5 Å². The minimum absolute atomic E-state index is 0.0972. The number of para-hydroxylation sites is 1. The van der Waals surface area contributed by atoms with E-state index in [0.717, 1.165) is 23.4 Å². The molecule has 1 N–H and O–H groups in total. The van der Waals surface area contributed by atoms with Gasteiger partial charge in [-0.3, -0.25) is 9.59 Å². The van der Waals surface area contributed by atoms with E-state index in [2.05, 4.69) is 5.32 Å². The molecule has 0 fully saturated rings. The third-order valence-corrected chi connectivity index (χ3v) is 4.48. The summed E-state index contributed by atoms with van der Waals surface area (Å²) in [5.74, 6) is -0.0717. The summed E-state index contributed by atoms with van der Waals surface area (Å²) in [5.41, 5.74) is 2.61. The minimum Gasteiger partial charge on any atom is -0.322 e. The van der Waals surface area contributed by atoms with E-state index in [4.69, 9.17) is 0 Å². The van der Waals surface area contributed by atoms with Crippen molar-refractivity contribution in [2.45, 2.75) is 32.6 Å². The molecule has 4 heteroatoms. The van der Waals surface area contributed by atoms with Crippen LogP contribution in [0, 0.1) is 0 Å². The Balaban J connectivity index is 1.93. The lowest BCUT2D eigenvalue weighted by molar-refractivity contribution is -0.122. The van der Waals surface area contributed by atoms with Crippen molar-refractivity contribution in [1.82, 2.24) is 0 Å². The molecule has 0 atom stereocenters. The van der Waals surface area contributed by atoms with E-state index in [1.165, 1.54) is 0 Å². The molecule has 2 aromatic rings. The van der Waals surface area contributed by atoms with E-state index in [1.54, 1.807) is 11.0 Å². The number of benzene rings is 2. The number of hydrogen-bond acceptors (Lipinski definition) is 2. The van der Waals surface area contributed by atoms with Crippen molar-refractivity contribution < 1.29 is 9.59 Å². The van der Waals surface area contributed by atoms with Gasteiger partial charge in [0.2, 0.25) is 5.91 Å². The monoisotopic (exact) mass is 322 g/mol. The summed E-state index contributed by atoms with van der Waals surface area (Å²) < 4.78 is 0. The molecule has 2 amide bonds. The highest BCUT2D eigenvalue weighted by molar-refractivity contribution is 6.10. The molecule has 0 aromatic heterocycles. The molecule has 0 unspecified atom stereocenters. The molecule has 0 aliphatic carbocycles. The number of nitrogens with zero attached hydrogens (tertiary/aromatic N) is 1. The number of nitrogens with one attached hydrogen (secondary N) is 1. The Bertz CT molecular complexity index is 781. The maximum atomic E-state index is 12.7. The van der Waals surface area contributed by atoms with Gasteiger partial charge in [-0.2, -0.15) is 0 Å². The van der Waals surface area contributed by atoms with Crippen molar-refractivity contribution in [3.05, 3.63) is 59.7 Å². The third kappa shape index (κ3) is 2.68. The Labute approximate surface area is 142 Å². The Hall–Kier alpha value is -2.62. The van der Waals surface area contributed by atoms with E-state index in [9.17, 15) is 9.59 Å². The van der Waals surface area contributed by atoms with Gasteiger partial charge in [-0.15, -0.1) is 0 Å². The van der Waals surface area contributed by atoms with Gasteiger partial charge in [-0.1, -0.05) is 31.2 Å². The number of amides is 2. The van der Waals surface area contributed by atoms with Gasteiger partial charge in [-0.25, -0.2) is 0 Å². The van der Waals surface area contributed by atoms with Crippen LogP contribution in [-0.4, -0.2) is 18.4 Å². The summed E-state index contributed by atoms with van der Waals surface area (Å²) >= 11 is 0. The highest BCUT2D eigenvalue weighted by Gasteiger charge is 2.43. The fourth-order valence-electron chi connectivity index (χ4n) is 3.16. The Morgan fingerprint density at radius 2 is 1.83 bits per heavy atom. The number of carbonyl (C=O) groups is 2. The lowest BCUT2D eigenvalue weighted by Crippen LogP contribution is -2.36. The lowest BCUT2D eigenvalue weighted by Gasteiger charge is -2.19. The number of carbonyl (C=O) groups excluding carboxylic acids is 2. The van der Waals surface area contributed by atoms with Crippen LogP contribution in [0.3, 0.4) is 0 Å². The zero-order valence-corrected chi connectivity index (χ0v) is 14.3. The molecule has 0 saturated carbocycles. The summed E-state index contributed by atoms with van der Waals surface area (Å²) in [4.78, 5) is 27.0. The van der Waals surface area contributed by atoms with Gasteiger partial charge in [0, 0.05) is 23.5 Å². The molecule has 24 heavy (non-hydrogen) atoms. The molecule has 2 aromatic carbocycles. The van der Waals surface area contributed by atoms with Crippen molar-refractivity contribution in [2.75, 3.05) is 16.8 Å². The number of hydrogen-bond donors (Lipinski definition) is 1. The van der Waals surface area contributed by atoms with Gasteiger partial charge in [0.1, 0.15) is 0 Å². The van der Waals surface area contributed by atoms with Crippen LogP contribution in [-0.2, 0) is 10.2 Å². The second-order valence-corrected chi connectivity index (χ2v) is 6.63. The maximum Gasteiger partial charge on any atom is 0.255 e. The quantitative estimate of drug-likeness (QED) is 0.926. The first-order chi connectivity index (χ1) is 11.4. The van der Waals surface area contributed by atoms with Gasteiger partial charge < -0.3 is 10.2 Å². The molecule has 1 heterocycles. The van der Waals surface area contributed by atoms with Crippen LogP contribution >= 0.6 is 0 Å². The highest BCUT2D eigenvalue weighted by atomic mass is 16.2. The van der Waals surface area contributed by atoms with E-state index in [-0.39, 0.29) is 11.8 Å². The number of anilines is 2. The van der Waals surface area contributed by atoms with Crippen molar-refractivity contribution in [2.24, 2.45) is 0 Å². The Kier molecular flexibility index (Phi) is 4.14. The number of rotatable bonds is 4. The minimum atomic E-state index is -0.543. The lowest BCUT2D eigenvalue weighted by atomic mass is 9.86. The molecule has 4 nitrogen and oxygen atoms in total.